The molecule has 0 N–H and O–H groups in total. The van der Waals surface area contributed by atoms with Gasteiger partial charge in [0.25, 0.3) is 0 Å². The summed E-state index contributed by atoms with van der Waals surface area (Å²) in [5.74, 6) is 1.26. The summed E-state index contributed by atoms with van der Waals surface area (Å²) in [6.45, 7) is 10.2. The predicted molar refractivity (Wildman–Crippen MR) is 77.3 cm³/mol. The summed E-state index contributed by atoms with van der Waals surface area (Å²) < 4.78 is 2.39. The highest BCUT2D eigenvalue weighted by molar-refractivity contribution is 7.15. The molecule has 0 aromatic carbocycles. The molecule has 96 valence electrons. The van der Waals surface area contributed by atoms with Crippen molar-refractivity contribution in [2.24, 2.45) is 0 Å². The first-order valence-corrected chi connectivity index (χ1v) is 7.44. The number of hydrogen-bond acceptors (Lipinski definition) is 2. The molecule has 0 saturated heterocycles. The zero-order valence-corrected chi connectivity index (χ0v) is 12.4. The van der Waals surface area contributed by atoms with Gasteiger partial charge in [0.1, 0.15) is 5.82 Å². The van der Waals surface area contributed by atoms with Gasteiger partial charge in [-0.3, -0.25) is 0 Å². The minimum Gasteiger partial charge on any atom is -0.327 e. The van der Waals surface area contributed by atoms with E-state index in [9.17, 15) is 0 Å². The number of aromatic nitrogens is 2. The minimum atomic E-state index is 0.238. The Balaban J connectivity index is 2.09. The molecule has 1 aliphatic rings. The van der Waals surface area contributed by atoms with Crippen LogP contribution in [0.2, 0.25) is 0 Å². The van der Waals surface area contributed by atoms with Crippen molar-refractivity contribution in [3.63, 3.8) is 0 Å². The average Bonchev–Trinajstić information content (AvgIpc) is 2.89. The Bertz CT molecular complexity index is 584. The monoisotopic (exact) mass is 260 g/mol. The van der Waals surface area contributed by atoms with Crippen molar-refractivity contribution in [1.29, 1.82) is 0 Å². The molecule has 0 atom stereocenters. The Morgan fingerprint density at radius 2 is 2.11 bits per heavy atom. The third-order valence-electron chi connectivity index (χ3n) is 3.61. The van der Waals surface area contributed by atoms with Crippen molar-refractivity contribution in [2.45, 2.75) is 52.5 Å². The zero-order chi connectivity index (χ0) is 12.9. The Morgan fingerprint density at radius 3 is 2.78 bits per heavy atom. The number of nitrogens with zero attached hydrogens (tertiary/aromatic N) is 2. The van der Waals surface area contributed by atoms with Crippen LogP contribution in [0.25, 0.3) is 10.6 Å². The van der Waals surface area contributed by atoms with Gasteiger partial charge in [-0.2, -0.15) is 0 Å². The molecule has 18 heavy (non-hydrogen) atoms. The van der Waals surface area contributed by atoms with Gasteiger partial charge in [0.15, 0.2) is 0 Å². The van der Waals surface area contributed by atoms with Crippen LogP contribution in [-0.4, -0.2) is 9.55 Å². The summed E-state index contributed by atoms with van der Waals surface area (Å²) in [5.41, 5.74) is 2.95. The van der Waals surface area contributed by atoms with E-state index in [2.05, 4.69) is 49.5 Å². The number of aryl methyl sites for hydroxylation is 2. The largest absolute Gasteiger partial charge is 0.327 e. The number of rotatable bonds is 1. The van der Waals surface area contributed by atoms with Gasteiger partial charge in [-0.05, 0) is 30.4 Å². The van der Waals surface area contributed by atoms with Crippen LogP contribution in [0.3, 0.4) is 0 Å². The van der Waals surface area contributed by atoms with E-state index in [0.717, 1.165) is 13.0 Å². The summed E-state index contributed by atoms with van der Waals surface area (Å²) in [6.07, 6.45) is 4.43. The van der Waals surface area contributed by atoms with Crippen LogP contribution in [0.1, 0.15) is 43.5 Å². The maximum absolute atomic E-state index is 4.56. The molecule has 2 aromatic heterocycles. The fraction of sp³-hybridized carbons (Fsp3) is 0.533. The highest BCUT2D eigenvalue weighted by Crippen LogP contribution is 2.39. The van der Waals surface area contributed by atoms with E-state index in [1.54, 1.807) is 0 Å². The molecule has 0 bridgehead atoms. The lowest BCUT2D eigenvalue weighted by molar-refractivity contribution is 0.603. The molecule has 3 rings (SSSR count). The van der Waals surface area contributed by atoms with Gasteiger partial charge in [-0.15, -0.1) is 11.3 Å². The van der Waals surface area contributed by atoms with Crippen LogP contribution in [0.5, 0.6) is 0 Å². The molecule has 0 saturated carbocycles. The maximum atomic E-state index is 4.56. The normalized spacial score (nSPS) is 15.1. The lowest BCUT2D eigenvalue weighted by Crippen LogP contribution is -2.07. The molecule has 0 unspecified atom stereocenters. The molecule has 0 aliphatic carbocycles. The molecule has 0 fully saturated rings. The Hall–Kier alpha value is -1.09. The van der Waals surface area contributed by atoms with E-state index in [4.69, 9.17) is 0 Å². The standard InChI is InChI=1S/C15H20N2S/c1-10-8-12(15(2,3)4)18-14(10)11-9-16-13-6-5-7-17(11)13/h8-9H,5-7H2,1-4H3. The molecule has 3 heterocycles. The first-order valence-electron chi connectivity index (χ1n) is 6.62. The van der Waals surface area contributed by atoms with Crippen LogP contribution < -0.4 is 0 Å². The average molecular weight is 260 g/mol. The zero-order valence-electron chi connectivity index (χ0n) is 11.6. The molecule has 2 aromatic rings. The second-order valence-corrected chi connectivity index (χ2v) is 7.24. The summed E-state index contributed by atoms with van der Waals surface area (Å²) in [7, 11) is 0. The second-order valence-electron chi connectivity index (χ2n) is 6.19. The third kappa shape index (κ3) is 1.81. The van der Waals surface area contributed by atoms with Gasteiger partial charge in [0.2, 0.25) is 0 Å². The molecule has 1 aliphatic heterocycles. The molecule has 2 nitrogen and oxygen atoms in total. The minimum absolute atomic E-state index is 0.238. The lowest BCUT2D eigenvalue weighted by atomic mass is 9.94. The van der Waals surface area contributed by atoms with Gasteiger partial charge >= 0.3 is 0 Å². The van der Waals surface area contributed by atoms with E-state index in [1.165, 1.54) is 33.3 Å². The number of hydrogen-bond donors (Lipinski definition) is 0. The topological polar surface area (TPSA) is 17.8 Å². The molecular formula is C15H20N2S. The molecule has 0 radical (unpaired) electrons. The highest BCUT2D eigenvalue weighted by Gasteiger charge is 2.22. The van der Waals surface area contributed by atoms with Gasteiger partial charge in [0, 0.05) is 17.8 Å². The fourth-order valence-electron chi connectivity index (χ4n) is 2.55. The van der Waals surface area contributed by atoms with Crippen molar-refractivity contribution in [1.82, 2.24) is 9.55 Å². The van der Waals surface area contributed by atoms with Crippen LogP contribution in [0.15, 0.2) is 12.3 Å². The van der Waals surface area contributed by atoms with Crippen LogP contribution in [0.4, 0.5) is 0 Å². The lowest BCUT2D eigenvalue weighted by Gasteiger charge is -2.15. The molecule has 0 spiro atoms. The predicted octanol–water partition coefficient (Wildman–Crippen LogP) is 4.16. The maximum Gasteiger partial charge on any atom is 0.109 e. The Labute approximate surface area is 113 Å². The van der Waals surface area contributed by atoms with Gasteiger partial charge < -0.3 is 4.57 Å². The number of fused-ring (bicyclic) bond motifs is 1. The first-order chi connectivity index (χ1) is 8.47. The van der Waals surface area contributed by atoms with E-state index in [-0.39, 0.29) is 5.41 Å². The van der Waals surface area contributed by atoms with E-state index >= 15 is 0 Å². The van der Waals surface area contributed by atoms with Crippen molar-refractivity contribution in [3.8, 4) is 10.6 Å². The summed E-state index contributed by atoms with van der Waals surface area (Å²) in [4.78, 5) is 7.42. The second kappa shape index (κ2) is 3.95. The summed E-state index contributed by atoms with van der Waals surface area (Å²) in [6, 6.07) is 2.34. The van der Waals surface area contributed by atoms with Gasteiger partial charge in [-0.1, -0.05) is 20.8 Å². The first kappa shape index (κ1) is 12.0. The summed E-state index contributed by atoms with van der Waals surface area (Å²) in [5, 5.41) is 0. The third-order valence-corrected chi connectivity index (χ3v) is 5.30. The summed E-state index contributed by atoms with van der Waals surface area (Å²) >= 11 is 1.93. The van der Waals surface area contributed by atoms with Gasteiger partial charge in [-0.25, -0.2) is 4.98 Å². The van der Waals surface area contributed by atoms with Crippen molar-refractivity contribution in [3.05, 3.63) is 28.5 Å². The quantitative estimate of drug-likeness (QED) is 0.752. The smallest absolute Gasteiger partial charge is 0.109 e. The van der Waals surface area contributed by atoms with E-state index in [1.807, 2.05) is 11.3 Å². The van der Waals surface area contributed by atoms with Crippen LogP contribution in [0, 0.1) is 6.92 Å². The molecular weight excluding hydrogens is 240 g/mol. The van der Waals surface area contributed by atoms with Crippen molar-refractivity contribution in [2.75, 3.05) is 0 Å². The van der Waals surface area contributed by atoms with Crippen LogP contribution in [-0.2, 0) is 18.4 Å². The number of thiophene rings is 1. The Morgan fingerprint density at radius 1 is 1.33 bits per heavy atom. The van der Waals surface area contributed by atoms with Crippen LogP contribution >= 0.6 is 11.3 Å². The highest BCUT2D eigenvalue weighted by atomic mass is 32.1. The Kier molecular flexibility index (Phi) is 2.63. The number of imidazole rings is 1. The van der Waals surface area contributed by atoms with Crippen molar-refractivity contribution >= 4 is 11.3 Å². The molecule has 3 heteroatoms. The SMILES string of the molecule is Cc1cc(C(C)(C)C)sc1-c1cnc2n1CCC2. The van der Waals surface area contributed by atoms with E-state index < -0.39 is 0 Å². The van der Waals surface area contributed by atoms with Crippen molar-refractivity contribution < 1.29 is 0 Å². The molecule has 0 amide bonds. The fourth-order valence-corrected chi connectivity index (χ4v) is 3.79. The van der Waals surface area contributed by atoms with E-state index in [0.29, 0.717) is 0 Å². The van der Waals surface area contributed by atoms with Gasteiger partial charge in [0.05, 0.1) is 16.8 Å².